The Morgan fingerprint density at radius 1 is 0.299 bits per heavy atom. The number of anilines is 3. The van der Waals surface area contributed by atoms with E-state index in [1.165, 1.54) is 80.6 Å². The van der Waals surface area contributed by atoms with E-state index in [1.807, 2.05) is 11.3 Å². The predicted molar refractivity (Wildman–Crippen MR) is 288 cm³/mol. The molecule has 0 bridgehead atoms. The van der Waals surface area contributed by atoms with Gasteiger partial charge in [-0.05, 0) is 111 Å². The topological polar surface area (TPSA) is 8.17 Å². The van der Waals surface area contributed by atoms with Crippen LogP contribution in [0.2, 0.25) is 0 Å². The molecule has 0 atom stereocenters. The second-order valence-corrected chi connectivity index (χ2v) is 18.3. The number of aromatic nitrogens is 1. The molecule has 0 amide bonds. The number of rotatable bonds is 8. The first-order valence-corrected chi connectivity index (χ1v) is 23.7. The highest BCUT2D eigenvalue weighted by Gasteiger charge is 2.21. The highest BCUT2D eigenvalue weighted by atomic mass is 32.1. The van der Waals surface area contributed by atoms with Gasteiger partial charge in [0.15, 0.2) is 0 Å². The maximum absolute atomic E-state index is 2.44. The molecule has 0 aliphatic heterocycles. The van der Waals surface area contributed by atoms with Crippen LogP contribution < -0.4 is 4.90 Å². The lowest BCUT2D eigenvalue weighted by Crippen LogP contribution is -2.11. The van der Waals surface area contributed by atoms with Gasteiger partial charge in [0.1, 0.15) is 0 Å². The molecule has 13 aromatic rings. The summed E-state index contributed by atoms with van der Waals surface area (Å²) in [4.78, 5) is 2.44. The molecule has 314 valence electrons. The number of para-hydroxylation sites is 3. The first-order chi connectivity index (χ1) is 33.2. The van der Waals surface area contributed by atoms with Gasteiger partial charge in [0.05, 0.1) is 22.4 Å². The van der Waals surface area contributed by atoms with Gasteiger partial charge in [-0.25, -0.2) is 0 Å². The summed E-state index contributed by atoms with van der Waals surface area (Å²) in [5.74, 6) is 0. The highest BCUT2D eigenvalue weighted by Crippen LogP contribution is 2.46. The number of nitrogens with zero attached hydrogens (tertiary/aromatic N) is 2. The Morgan fingerprint density at radius 3 is 1.60 bits per heavy atom. The van der Waals surface area contributed by atoms with Crippen LogP contribution in [-0.4, -0.2) is 4.57 Å². The molecule has 0 radical (unpaired) electrons. The zero-order chi connectivity index (χ0) is 44.3. The van der Waals surface area contributed by atoms with E-state index >= 15 is 0 Å². The summed E-state index contributed by atoms with van der Waals surface area (Å²) in [5, 5.41) is 7.59. The smallest absolute Gasteiger partial charge is 0.0546 e. The van der Waals surface area contributed by atoms with Crippen molar-refractivity contribution in [2.24, 2.45) is 0 Å². The van der Waals surface area contributed by atoms with Crippen molar-refractivity contribution in [2.45, 2.75) is 0 Å². The number of fused-ring (bicyclic) bond motifs is 7. The molecule has 0 aliphatic rings. The SMILES string of the molecule is c1ccc(-c2ccc(-c3cccc4ccccc34)cc2N(c2ccc(-c3ccc4sc5ccccc5c4c3)cc2)c2ccc(-c3ccccc3-n3c4ccccc4c4ccccc43)cc2)cc1. The molecule has 0 saturated heterocycles. The van der Waals surface area contributed by atoms with E-state index in [4.69, 9.17) is 0 Å². The molecular formula is C64H42N2S. The predicted octanol–water partition coefficient (Wildman–Crippen LogP) is 18.4. The van der Waals surface area contributed by atoms with Gasteiger partial charge in [0, 0.05) is 53.4 Å². The Labute approximate surface area is 393 Å². The lowest BCUT2D eigenvalue weighted by molar-refractivity contribution is 1.18. The van der Waals surface area contributed by atoms with Gasteiger partial charge in [0.2, 0.25) is 0 Å². The summed E-state index contributed by atoms with van der Waals surface area (Å²) < 4.78 is 5.06. The van der Waals surface area contributed by atoms with Crippen LogP contribution in [0.3, 0.4) is 0 Å². The molecule has 0 N–H and O–H groups in total. The van der Waals surface area contributed by atoms with Gasteiger partial charge in [-0.1, -0.05) is 188 Å². The van der Waals surface area contributed by atoms with Crippen molar-refractivity contribution >= 4 is 81.1 Å². The van der Waals surface area contributed by atoms with Gasteiger partial charge >= 0.3 is 0 Å². The first kappa shape index (κ1) is 38.9. The van der Waals surface area contributed by atoms with Crippen LogP contribution in [0.5, 0.6) is 0 Å². The van der Waals surface area contributed by atoms with Crippen molar-refractivity contribution in [2.75, 3.05) is 4.90 Å². The quantitative estimate of drug-likeness (QED) is 0.148. The minimum atomic E-state index is 1.07. The van der Waals surface area contributed by atoms with E-state index in [-0.39, 0.29) is 0 Å². The molecule has 2 heterocycles. The van der Waals surface area contributed by atoms with Crippen molar-refractivity contribution in [1.29, 1.82) is 0 Å². The average molecular weight is 871 g/mol. The summed E-state index contributed by atoms with van der Waals surface area (Å²) in [6.45, 7) is 0. The van der Waals surface area contributed by atoms with Crippen LogP contribution in [-0.2, 0) is 0 Å². The van der Waals surface area contributed by atoms with E-state index in [0.29, 0.717) is 0 Å². The van der Waals surface area contributed by atoms with Crippen LogP contribution >= 0.6 is 11.3 Å². The number of hydrogen-bond donors (Lipinski definition) is 0. The van der Waals surface area contributed by atoms with Crippen molar-refractivity contribution in [3.05, 3.63) is 255 Å². The zero-order valence-electron chi connectivity index (χ0n) is 36.6. The lowest BCUT2D eigenvalue weighted by atomic mass is 9.94. The first-order valence-electron chi connectivity index (χ1n) is 22.9. The minimum Gasteiger partial charge on any atom is -0.310 e. The molecule has 0 saturated carbocycles. The second-order valence-electron chi connectivity index (χ2n) is 17.2. The van der Waals surface area contributed by atoms with Crippen LogP contribution in [0.25, 0.3) is 103 Å². The van der Waals surface area contributed by atoms with Crippen molar-refractivity contribution in [3.63, 3.8) is 0 Å². The van der Waals surface area contributed by atoms with Crippen LogP contribution in [0.15, 0.2) is 255 Å². The molecule has 0 unspecified atom stereocenters. The van der Waals surface area contributed by atoms with E-state index in [0.717, 1.165) is 39.4 Å². The summed E-state index contributed by atoms with van der Waals surface area (Å²) in [6, 6.07) is 93.3. The fourth-order valence-electron chi connectivity index (χ4n) is 10.2. The van der Waals surface area contributed by atoms with E-state index in [1.54, 1.807) is 0 Å². The molecule has 0 fully saturated rings. The normalized spacial score (nSPS) is 11.6. The molecule has 3 heteroatoms. The maximum Gasteiger partial charge on any atom is 0.0546 e. The van der Waals surface area contributed by atoms with Gasteiger partial charge in [-0.2, -0.15) is 0 Å². The average Bonchev–Trinajstić information content (AvgIpc) is 3.95. The van der Waals surface area contributed by atoms with Crippen LogP contribution in [0, 0.1) is 0 Å². The second kappa shape index (κ2) is 16.2. The fourth-order valence-corrected chi connectivity index (χ4v) is 11.3. The summed E-state index contributed by atoms with van der Waals surface area (Å²) in [5.41, 5.74) is 16.2. The molecule has 11 aromatic carbocycles. The largest absolute Gasteiger partial charge is 0.310 e. The Kier molecular flexibility index (Phi) is 9.40. The third kappa shape index (κ3) is 6.71. The Balaban J connectivity index is 0.981. The molecule has 0 aliphatic carbocycles. The van der Waals surface area contributed by atoms with Crippen LogP contribution in [0.1, 0.15) is 0 Å². The molecule has 2 aromatic heterocycles. The standard InChI is InChI=1S/C64H42N2S/c1-2-15-45(16-3-1)54-39-33-48(52-24-14-18-44-17-4-5-19-51(44)52)42-62(54)65(49-35-29-43(30-36-49)47-34-40-64-58(41-47)57-23-9-13-28-63(57)67-64)50-37-31-46(32-38-50)53-20-6-10-25-59(53)66-60-26-11-7-21-55(60)56-22-8-12-27-61(56)66/h1-42H. The zero-order valence-corrected chi connectivity index (χ0v) is 37.4. The van der Waals surface area contributed by atoms with Gasteiger partial charge in [0.25, 0.3) is 0 Å². The van der Waals surface area contributed by atoms with Crippen molar-refractivity contribution in [1.82, 2.24) is 4.57 Å². The number of hydrogen-bond acceptors (Lipinski definition) is 2. The van der Waals surface area contributed by atoms with Crippen molar-refractivity contribution in [3.8, 4) is 50.2 Å². The number of thiophene rings is 1. The van der Waals surface area contributed by atoms with Gasteiger partial charge in [-0.15, -0.1) is 11.3 Å². The maximum atomic E-state index is 2.44. The van der Waals surface area contributed by atoms with Crippen molar-refractivity contribution < 1.29 is 0 Å². The summed E-state index contributed by atoms with van der Waals surface area (Å²) >= 11 is 1.86. The Morgan fingerprint density at radius 2 is 0.836 bits per heavy atom. The van der Waals surface area contributed by atoms with Crippen LogP contribution in [0.4, 0.5) is 17.1 Å². The Hall–Kier alpha value is -8.50. The van der Waals surface area contributed by atoms with E-state index < -0.39 is 0 Å². The molecule has 0 spiro atoms. The third-order valence-electron chi connectivity index (χ3n) is 13.4. The third-order valence-corrected chi connectivity index (χ3v) is 14.6. The van der Waals surface area contributed by atoms with E-state index in [9.17, 15) is 0 Å². The molecular weight excluding hydrogens is 829 g/mol. The minimum absolute atomic E-state index is 1.07. The van der Waals surface area contributed by atoms with E-state index in [2.05, 4.69) is 264 Å². The monoisotopic (exact) mass is 870 g/mol. The Bertz CT molecular complexity index is 3910. The molecule has 2 nitrogen and oxygen atoms in total. The molecule has 13 rings (SSSR count). The fraction of sp³-hybridized carbons (Fsp3) is 0. The highest BCUT2D eigenvalue weighted by molar-refractivity contribution is 7.25. The number of benzene rings is 11. The van der Waals surface area contributed by atoms with Gasteiger partial charge in [-0.3, -0.25) is 0 Å². The summed E-state index contributed by atoms with van der Waals surface area (Å²) in [7, 11) is 0. The summed E-state index contributed by atoms with van der Waals surface area (Å²) in [6.07, 6.45) is 0. The van der Waals surface area contributed by atoms with Gasteiger partial charge < -0.3 is 9.47 Å². The molecule has 67 heavy (non-hydrogen) atoms. The lowest BCUT2D eigenvalue weighted by Gasteiger charge is -2.29.